The van der Waals surface area contributed by atoms with Gasteiger partial charge in [0.1, 0.15) is 11.6 Å². The largest absolute Gasteiger partial charge is 0.361 e. The number of nitrogens with one attached hydrogen (secondary N) is 2. The Morgan fingerprint density at radius 2 is 1.96 bits per heavy atom. The summed E-state index contributed by atoms with van der Waals surface area (Å²) in [6.45, 7) is 6.70. The second-order valence-electron chi connectivity index (χ2n) is 6.41. The molecule has 0 aliphatic carbocycles. The molecule has 25 heavy (non-hydrogen) atoms. The Morgan fingerprint density at radius 1 is 1.20 bits per heavy atom. The molecule has 2 aromatic rings. The van der Waals surface area contributed by atoms with Gasteiger partial charge < -0.3 is 20.1 Å². The first-order valence-electron chi connectivity index (χ1n) is 8.77. The van der Waals surface area contributed by atoms with Gasteiger partial charge >= 0.3 is 6.03 Å². The number of urea groups is 1. The van der Waals surface area contributed by atoms with Crippen molar-refractivity contribution in [3.8, 4) is 0 Å². The lowest BCUT2D eigenvalue weighted by Gasteiger charge is -2.27. The van der Waals surface area contributed by atoms with Crippen LogP contribution in [0.25, 0.3) is 0 Å². The Hall–Kier alpha value is -2.57. The maximum atomic E-state index is 12.0. The van der Waals surface area contributed by atoms with E-state index in [0.29, 0.717) is 13.1 Å². The zero-order valence-electron chi connectivity index (χ0n) is 14.8. The molecule has 134 valence electrons. The number of aromatic nitrogens is 2. The van der Waals surface area contributed by atoms with Crippen molar-refractivity contribution >= 4 is 11.8 Å². The summed E-state index contributed by atoms with van der Waals surface area (Å²) in [6.07, 6.45) is 5.54. The number of hydrogen-bond donors (Lipinski definition) is 2. The summed E-state index contributed by atoms with van der Waals surface area (Å²) in [5, 5.41) is 9.61. The Balaban J connectivity index is 1.50. The van der Waals surface area contributed by atoms with Crippen molar-refractivity contribution in [1.29, 1.82) is 0 Å². The van der Waals surface area contributed by atoms with Gasteiger partial charge in [-0.1, -0.05) is 5.16 Å². The predicted molar refractivity (Wildman–Crippen MR) is 95.4 cm³/mol. The topological polar surface area (TPSA) is 83.3 Å². The van der Waals surface area contributed by atoms with Gasteiger partial charge in [0.15, 0.2) is 0 Å². The second kappa shape index (κ2) is 8.00. The molecule has 0 atom stereocenters. The van der Waals surface area contributed by atoms with Crippen LogP contribution in [0.2, 0.25) is 0 Å². The van der Waals surface area contributed by atoms with E-state index in [1.807, 2.05) is 26.1 Å². The summed E-state index contributed by atoms with van der Waals surface area (Å²) < 4.78 is 5.09. The monoisotopic (exact) mass is 343 g/mol. The molecule has 1 aliphatic rings. The maximum absolute atomic E-state index is 12.0. The Kier molecular flexibility index (Phi) is 5.53. The fourth-order valence-electron chi connectivity index (χ4n) is 3.03. The number of piperidine rings is 1. The highest BCUT2D eigenvalue weighted by molar-refractivity contribution is 5.73. The maximum Gasteiger partial charge on any atom is 0.315 e. The molecule has 1 aliphatic heterocycles. The number of hydrogen-bond acceptors (Lipinski definition) is 5. The van der Waals surface area contributed by atoms with Crippen molar-refractivity contribution in [2.24, 2.45) is 0 Å². The van der Waals surface area contributed by atoms with Crippen LogP contribution in [-0.4, -0.2) is 29.3 Å². The lowest BCUT2D eigenvalue weighted by Crippen LogP contribution is -2.35. The predicted octanol–water partition coefficient (Wildman–Crippen LogP) is 2.68. The fourth-order valence-corrected chi connectivity index (χ4v) is 3.03. The van der Waals surface area contributed by atoms with Gasteiger partial charge in [-0.25, -0.2) is 9.78 Å². The summed E-state index contributed by atoms with van der Waals surface area (Å²) in [5.74, 6) is 1.73. The summed E-state index contributed by atoms with van der Waals surface area (Å²) in [6, 6.07) is 3.78. The first kappa shape index (κ1) is 17.3. The van der Waals surface area contributed by atoms with Crippen LogP contribution in [-0.2, 0) is 13.1 Å². The van der Waals surface area contributed by atoms with Crippen molar-refractivity contribution in [2.45, 2.75) is 46.2 Å². The van der Waals surface area contributed by atoms with E-state index >= 15 is 0 Å². The third kappa shape index (κ3) is 4.49. The van der Waals surface area contributed by atoms with E-state index in [9.17, 15) is 4.79 Å². The van der Waals surface area contributed by atoms with Crippen LogP contribution in [0.15, 0.2) is 22.9 Å². The standard InChI is InChI=1S/C18H25N5O2/c1-13-16(14(2)25-22-13)12-21-18(24)20-11-15-6-7-19-17(10-15)23-8-4-3-5-9-23/h6-7,10H,3-5,8-9,11-12H2,1-2H3,(H2,20,21,24). The summed E-state index contributed by atoms with van der Waals surface area (Å²) in [4.78, 5) is 18.8. The summed E-state index contributed by atoms with van der Waals surface area (Å²) in [5.41, 5.74) is 2.77. The van der Waals surface area contributed by atoms with Crippen molar-refractivity contribution in [1.82, 2.24) is 20.8 Å². The van der Waals surface area contributed by atoms with E-state index in [4.69, 9.17) is 4.52 Å². The van der Waals surface area contributed by atoms with Gasteiger partial charge in [0.25, 0.3) is 0 Å². The normalized spacial score (nSPS) is 14.4. The highest BCUT2D eigenvalue weighted by Gasteiger charge is 2.13. The quantitative estimate of drug-likeness (QED) is 0.872. The molecule has 2 amide bonds. The van der Waals surface area contributed by atoms with Gasteiger partial charge in [0, 0.05) is 37.9 Å². The van der Waals surface area contributed by atoms with E-state index in [0.717, 1.165) is 41.5 Å². The van der Waals surface area contributed by atoms with Crippen LogP contribution in [0.1, 0.15) is 41.8 Å². The average molecular weight is 343 g/mol. The van der Waals surface area contributed by atoms with Crippen molar-refractivity contribution in [3.63, 3.8) is 0 Å². The first-order chi connectivity index (χ1) is 12.1. The zero-order valence-corrected chi connectivity index (χ0v) is 14.8. The van der Waals surface area contributed by atoms with Crippen molar-refractivity contribution in [2.75, 3.05) is 18.0 Å². The van der Waals surface area contributed by atoms with E-state index < -0.39 is 0 Å². The molecular weight excluding hydrogens is 318 g/mol. The number of aryl methyl sites for hydroxylation is 2. The number of pyridine rings is 1. The van der Waals surface area contributed by atoms with Crippen LogP contribution in [0.4, 0.5) is 10.6 Å². The van der Waals surface area contributed by atoms with E-state index in [1.165, 1.54) is 19.3 Å². The number of nitrogens with zero attached hydrogens (tertiary/aromatic N) is 3. The van der Waals surface area contributed by atoms with Crippen molar-refractivity contribution < 1.29 is 9.32 Å². The molecule has 0 saturated carbocycles. The van der Waals surface area contributed by atoms with Gasteiger partial charge in [0.05, 0.1) is 5.69 Å². The smallest absolute Gasteiger partial charge is 0.315 e. The Morgan fingerprint density at radius 3 is 2.68 bits per heavy atom. The lowest BCUT2D eigenvalue weighted by atomic mass is 10.1. The van der Waals surface area contributed by atoms with E-state index in [1.54, 1.807) is 0 Å². The van der Waals surface area contributed by atoms with Gasteiger partial charge in [-0.05, 0) is 50.8 Å². The van der Waals surface area contributed by atoms with Crippen LogP contribution < -0.4 is 15.5 Å². The van der Waals surface area contributed by atoms with Gasteiger partial charge in [-0.2, -0.15) is 0 Å². The Labute approximate surface area is 147 Å². The van der Waals surface area contributed by atoms with Crippen LogP contribution >= 0.6 is 0 Å². The molecule has 0 radical (unpaired) electrons. The molecule has 0 unspecified atom stereocenters. The number of rotatable bonds is 5. The summed E-state index contributed by atoms with van der Waals surface area (Å²) in [7, 11) is 0. The number of carbonyl (C=O) groups excluding carboxylic acids is 1. The number of carbonyl (C=O) groups is 1. The molecule has 1 saturated heterocycles. The van der Waals surface area contributed by atoms with Crippen molar-refractivity contribution in [3.05, 3.63) is 40.9 Å². The van der Waals surface area contributed by atoms with Crippen LogP contribution in [0.3, 0.4) is 0 Å². The molecule has 2 N–H and O–H groups in total. The van der Waals surface area contributed by atoms with Crippen LogP contribution in [0.5, 0.6) is 0 Å². The molecular formula is C18H25N5O2. The van der Waals surface area contributed by atoms with Gasteiger partial charge in [-0.3, -0.25) is 0 Å². The highest BCUT2D eigenvalue weighted by atomic mass is 16.5. The fraction of sp³-hybridized carbons (Fsp3) is 0.500. The minimum atomic E-state index is -0.212. The van der Waals surface area contributed by atoms with Crippen LogP contribution in [0, 0.1) is 13.8 Å². The molecule has 1 fully saturated rings. The molecule has 2 aromatic heterocycles. The molecule has 0 spiro atoms. The van der Waals surface area contributed by atoms with Gasteiger partial charge in [0.2, 0.25) is 0 Å². The molecule has 7 heteroatoms. The first-order valence-corrected chi connectivity index (χ1v) is 8.77. The van der Waals surface area contributed by atoms with E-state index in [2.05, 4.69) is 31.7 Å². The Bertz CT molecular complexity index is 703. The SMILES string of the molecule is Cc1noc(C)c1CNC(=O)NCc1ccnc(N2CCCCC2)c1. The molecule has 0 aromatic carbocycles. The minimum Gasteiger partial charge on any atom is -0.361 e. The summed E-state index contributed by atoms with van der Waals surface area (Å²) >= 11 is 0. The average Bonchev–Trinajstić information content (AvgIpc) is 2.97. The number of anilines is 1. The van der Waals surface area contributed by atoms with E-state index in [-0.39, 0.29) is 6.03 Å². The molecule has 7 nitrogen and oxygen atoms in total. The second-order valence-corrected chi connectivity index (χ2v) is 6.41. The third-order valence-electron chi connectivity index (χ3n) is 4.55. The zero-order chi connectivity index (χ0) is 17.6. The third-order valence-corrected chi connectivity index (χ3v) is 4.55. The molecule has 0 bridgehead atoms. The number of amides is 2. The molecule has 3 rings (SSSR count). The van der Waals surface area contributed by atoms with Gasteiger partial charge in [-0.15, -0.1) is 0 Å². The highest BCUT2D eigenvalue weighted by Crippen LogP contribution is 2.18. The minimum absolute atomic E-state index is 0.212. The molecule has 3 heterocycles. The lowest BCUT2D eigenvalue weighted by molar-refractivity contribution is 0.240.